The molecule has 0 radical (unpaired) electrons. The first-order chi connectivity index (χ1) is 19.1. The van der Waals surface area contributed by atoms with Crippen LogP contribution in [0, 0.1) is 17.8 Å². The van der Waals surface area contributed by atoms with Crippen molar-refractivity contribution in [3.8, 4) is 17.6 Å². The molecule has 40 heavy (non-hydrogen) atoms. The van der Waals surface area contributed by atoms with Gasteiger partial charge in [0.2, 0.25) is 10.0 Å². The largest absolute Gasteiger partial charge is 0.478 e. The van der Waals surface area contributed by atoms with Crippen LogP contribution in [0.1, 0.15) is 67.4 Å². The van der Waals surface area contributed by atoms with Crippen molar-refractivity contribution in [1.29, 1.82) is 0 Å². The summed E-state index contributed by atoms with van der Waals surface area (Å²) in [5.41, 5.74) is 1.85. The Morgan fingerprint density at radius 2 is 1.88 bits per heavy atom. The van der Waals surface area contributed by atoms with Crippen molar-refractivity contribution >= 4 is 16.0 Å². The van der Waals surface area contributed by atoms with Crippen molar-refractivity contribution in [3.63, 3.8) is 0 Å². The van der Waals surface area contributed by atoms with Gasteiger partial charge >= 0.3 is 5.97 Å². The summed E-state index contributed by atoms with van der Waals surface area (Å²) < 4.78 is 28.7. The van der Waals surface area contributed by atoms with Crippen LogP contribution in [0.25, 0.3) is 0 Å². The topological polar surface area (TPSA) is 111 Å². The first-order valence-corrected chi connectivity index (χ1v) is 15.2. The van der Waals surface area contributed by atoms with E-state index in [9.17, 15) is 18.3 Å². The van der Waals surface area contributed by atoms with E-state index in [0.29, 0.717) is 24.7 Å². The lowest BCUT2D eigenvalue weighted by atomic mass is 10.0. The summed E-state index contributed by atoms with van der Waals surface area (Å²) in [6, 6.07) is 10.7. The number of rotatable bonds is 8. The van der Waals surface area contributed by atoms with E-state index in [1.54, 1.807) is 54.5 Å². The number of hydrogen-bond acceptors (Lipinski definition) is 7. The Balaban J connectivity index is 1.60. The monoisotopic (exact) mass is 569 g/mol. The molecule has 2 aromatic carbocycles. The molecule has 2 atom stereocenters. The fourth-order valence-corrected chi connectivity index (χ4v) is 7.00. The number of hydrogen-bond donors (Lipinski definition) is 2. The van der Waals surface area contributed by atoms with E-state index in [-0.39, 0.29) is 35.4 Å². The highest BCUT2D eigenvalue weighted by molar-refractivity contribution is 7.89. The van der Waals surface area contributed by atoms with E-state index >= 15 is 0 Å². The molecule has 0 spiro atoms. The van der Waals surface area contributed by atoms with Gasteiger partial charge in [0.05, 0.1) is 24.9 Å². The summed E-state index contributed by atoms with van der Waals surface area (Å²) >= 11 is 0. The van der Waals surface area contributed by atoms with E-state index in [2.05, 4.69) is 11.8 Å². The van der Waals surface area contributed by atoms with Crippen molar-refractivity contribution in [2.75, 3.05) is 26.9 Å². The normalized spacial score (nSPS) is 20.6. The van der Waals surface area contributed by atoms with Crippen LogP contribution < -0.4 is 4.84 Å². The molecule has 0 unspecified atom stereocenters. The number of carbonyl (C=O) groups is 1. The molecule has 1 heterocycles. The van der Waals surface area contributed by atoms with Gasteiger partial charge in [-0.2, -0.15) is 4.31 Å². The summed E-state index contributed by atoms with van der Waals surface area (Å²) in [6.45, 7) is 4.28. The van der Waals surface area contributed by atoms with Gasteiger partial charge in [0, 0.05) is 31.1 Å². The summed E-state index contributed by atoms with van der Waals surface area (Å²) in [7, 11) is -2.02. The maximum Gasteiger partial charge on any atom is 0.335 e. The highest BCUT2D eigenvalue weighted by atomic mass is 32.2. The number of aliphatic hydroxyl groups is 1. The molecule has 4 rings (SSSR count). The maximum atomic E-state index is 13.7. The van der Waals surface area contributed by atoms with Gasteiger partial charge in [-0.05, 0) is 75.5 Å². The Bertz CT molecular complexity index is 1350. The zero-order valence-electron chi connectivity index (χ0n) is 23.4. The van der Waals surface area contributed by atoms with Gasteiger partial charge in [-0.3, -0.25) is 4.90 Å². The van der Waals surface area contributed by atoms with Crippen LogP contribution in [0.5, 0.6) is 5.75 Å². The summed E-state index contributed by atoms with van der Waals surface area (Å²) in [5, 5.41) is 20.8. The van der Waals surface area contributed by atoms with Gasteiger partial charge in [0.1, 0.15) is 4.90 Å². The van der Waals surface area contributed by atoms with Crippen LogP contribution in [0.15, 0.2) is 47.4 Å². The molecule has 1 saturated carbocycles. The molecule has 216 valence electrons. The second kappa shape index (κ2) is 13.1. The molecule has 10 heteroatoms. The summed E-state index contributed by atoms with van der Waals surface area (Å²) in [4.78, 5) is 19.5. The molecular weight excluding hydrogens is 530 g/mol. The Morgan fingerprint density at radius 3 is 2.52 bits per heavy atom. The minimum Gasteiger partial charge on any atom is -0.478 e. The lowest BCUT2D eigenvalue weighted by molar-refractivity contribution is -0.129. The van der Waals surface area contributed by atoms with Crippen molar-refractivity contribution < 1.29 is 28.3 Å². The molecule has 1 aliphatic carbocycles. The molecule has 1 aliphatic heterocycles. The predicted molar refractivity (Wildman–Crippen MR) is 152 cm³/mol. The lowest BCUT2D eigenvalue weighted by Crippen LogP contribution is -2.53. The van der Waals surface area contributed by atoms with Crippen molar-refractivity contribution in [3.05, 3.63) is 59.2 Å². The third-order valence-electron chi connectivity index (χ3n) is 7.57. The van der Waals surface area contributed by atoms with Gasteiger partial charge in [-0.15, -0.1) is 5.06 Å². The first kappa shape index (κ1) is 30.0. The highest BCUT2D eigenvalue weighted by Crippen LogP contribution is 2.33. The predicted octanol–water partition coefficient (Wildman–Crippen LogP) is 3.78. The number of nitrogens with zero attached hydrogens (tertiary/aromatic N) is 3. The van der Waals surface area contributed by atoms with E-state index in [4.69, 9.17) is 9.94 Å². The Hall–Kier alpha value is -2.94. The molecule has 2 N–H and O–H groups in total. The van der Waals surface area contributed by atoms with Gasteiger partial charge in [-0.1, -0.05) is 36.8 Å². The Labute approximate surface area is 237 Å². The van der Waals surface area contributed by atoms with Crippen molar-refractivity contribution in [2.24, 2.45) is 5.92 Å². The van der Waals surface area contributed by atoms with Crippen LogP contribution in [0.4, 0.5) is 0 Å². The number of benzene rings is 2. The first-order valence-electron chi connectivity index (χ1n) is 13.8. The highest BCUT2D eigenvalue weighted by Gasteiger charge is 2.37. The van der Waals surface area contributed by atoms with Crippen molar-refractivity contribution in [1.82, 2.24) is 14.3 Å². The number of aromatic carboxylic acids is 1. The number of sulfonamides is 1. The molecule has 2 aliphatic rings. The number of fused-ring (bicyclic) bond motifs is 1. The minimum atomic E-state index is -3.94. The van der Waals surface area contributed by atoms with Crippen molar-refractivity contribution in [2.45, 2.75) is 69.5 Å². The Morgan fingerprint density at radius 1 is 1.18 bits per heavy atom. The summed E-state index contributed by atoms with van der Waals surface area (Å²) in [6.07, 6.45) is 5.78. The number of aliphatic hydroxyl groups excluding tert-OH is 1. The SMILES string of the molecule is C[C@@H]1CN([C@H](C)CO)S(=O)(=O)c2ccc(C#CCC3CCCC3)cc2ON1CN(C)Cc1ccc(C(=O)O)cc1. The van der Waals surface area contributed by atoms with Gasteiger partial charge < -0.3 is 15.1 Å². The van der Waals surface area contributed by atoms with E-state index < -0.39 is 22.0 Å². The van der Waals surface area contributed by atoms with E-state index in [1.807, 2.05) is 18.9 Å². The number of hydroxylamine groups is 2. The van der Waals surface area contributed by atoms with Crippen LogP contribution >= 0.6 is 0 Å². The van der Waals surface area contributed by atoms with Crippen LogP contribution in [-0.4, -0.2) is 77.8 Å². The molecule has 9 nitrogen and oxygen atoms in total. The van der Waals surface area contributed by atoms with E-state index in [1.165, 1.54) is 30.0 Å². The molecule has 1 fully saturated rings. The molecular formula is C30H39N3O6S. The van der Waals surface area contributed by atoms with Gasteiger partial charge in [0.15, 0.2) is 5.75 Å². The standard InChI is InChI=1S/C30H39N3O6S/c1-22-18-33(23(2)20-34)40(37,38)29-16-13-25(10-6-9-24-7-4-5-8-24)17-28(29)39-32(22)21-31(3)19-26-11-14-27(15-12-26)30(35)36/h11-17,22-24,34H,4-5,7-9,18-21H2,1-3H3,(H,35,36)/t22-,23-/m1/s1. The number of carboxylic acid groups (broad SMARTS) is 1. The molecule has 2 aromatic rings. The zero-order valence-corrected chi connectivity index (χ0v) is 24.2. The Kier molecular flexibility index (Phi) is 9.87. The molecule has 0 saturated heterocycles. The zero-order chi connectivity index (χ0) is 28.9. The summed E-state index contributed by atoms with van der Waals surface area (Å²) in [5.74, 6) is 6.33. The van der Waals surface area contributed by atoms with E-state index in [0.717, 1.165) is 12.0 Å². The van der Waals surface area contributed by atoms with Crippen LogP contribution in [-0.2, 0) is 16.6 Å². The van der Waals surface area contributed by atoms with Crippen LogP contribution in [0.2, 0.25) is 0 Å². The minimum absolute atomic E-state index is 0.0398. The quantitative estimate of drug-likeness (QED) is 0.463. The average Bonchev–Trinajstić information content (AvgIpc) is 3.44. The smallest absolute Gasteiger partial charge is 0.335 e. The molecule has 0 amide bonds. The lowest BCUT2D eigenvalue weighted by Gasteiger charge is -2.39. The third kappa shape index (κ3) is 7.22. The second-order valence-electron chi connectivity index (χ2n) is 10.9. The fraction of sp³-hybridized carbons (Fsp3) is 0.500. The molecule has 0 bridgehead atoms. The third-order valence-corrected chi connectivity index (χ3v) is 9.59. The maximum absolute atomic E-state index is 13.7. The van der Waals surface area contributed by atoms with Crippen LogP contribution in [0.3, 0.4) is 0 Å². The second-order valence-corrected chi connectivity index (χ2v) is 12.8. The molecule has 0 aromatic heterocycles. The average molecular weight is 570 g/mol. The fourth-order valence-electron chi connectivity index (χ4n) is 5.20. The van der Waals surface area contributed by atoms with Gasteiger partial charge in [-0.25, -0.2) is 13.2 Å². The van der Waals surface area contributed by atoms with Gasteiger partial charge in [0.25, 0.3) is 0 Å². The number of carboxylic acids is 1.